The van der Waals surface area contributed by atoms with Gasteiger partial charge in [-0.05, 0) is 59.0 Å². The fourth-order valence-corrected chi connectivity index (χ4v) is 6.01. The third-order valence-electron chi connectivity index (χ3n) is 7.11. The third kappa shape index (κ3) is 4.82. The van der Waals surface area contributed by atoms with Crippen LogP contribution in [0.3, 0.4) is 0 Å². The summed E-state index contributed by atoms with van der Waals surface area (Å²) in [6.07, 6.45) is 3.63. The molecule has 1 aromatic carbocycles. The first-order valence-corrected chi connectivity index (χ1v) is 13.7. The highest BCUT2D eigenvalue weighted by atomic mass is 32.1. The van der Waals surface area contributed by atoms with Crippen LogP contribution in [-0.2, 0) is 24.4 Å². The van der Waals surface area contributed by atoms with E-state index in [4.69, 9.17) is 18.6 Å². The van der Waals surface area contributed by atoms with Gasteiger partial charge in [-0.2, -0.15) is 0 Å². The molecule has 7 rings (SSSR count). The predicted molar refractivity (Wildman–Crippen MR) is 142 cm³/mol. The predicted octanol–water partition coefficient (Wildman–Crippen LogP) is 3.87. The molecule has 2 aliphatic heterocycles. The largest absolute Gasteiger partial charge is 0.468 e. The summed E-state index contributed by atoms with van der Waals surface area (Å²) in [5.41, 5.74) is 0.961. The number of benzene rings is 1. The zero-order valence-electron chi connectivity index (χ0n) is 21.0. The molecule has 5 aromatic rings. The summed E-state index contributed by atoms with van der Waals surface area (Å²) in [7, 11) is 0. The number of fused-ring (bicyclic) bond motifs is 2. The molecule has 0 saturated carbocycles. The average Bonchev–Trinajstić information content (AvgIpc) is 3.76. The van der Waals surface area contributed by atoms with Gasteiger partial charge in [0.15, 0.2) is 17.3 Å². The van der Waals surface area contributed by atoms with Crippen molar-refractivity contribution in [2.24, 2.45) is 0 Å². The fourth-order valence-electron chi connectivity index (χ4n) is 5.28. The molecule has 2 aliphatic rings. The first-order valence-electron chi connectivity index (χ1n) is 12.8. The second-order valence-corrected chi connectivity index (χ2v) is 10.7. The molecule has 12 heteroatoms. The lowest BCUT2D eigenvalue weighted by atomic mass is 10.0. The summed E-state index contributed by atoms with van der Waals surface area (Å²) in [5, 5.41) is 15.7. The molecule has 0 aliphatic carbocycles. The van der Waals surface area contributed by atoms with Gasteiger partial charge in [0.1, 0.15) is 11.8 Å². The van der Waals surface area contributed by atoms with Crippen LogP contribution in [0, 0.1) is 0 Å². The van der Waals surface area contributed by atoms with Crippen molar-refractivity contribution < 1.29 is 18.6 Å². The van der Waals surface area contributed by atoms with Crippen molar-refractivity contribution in [2.75, 3.05) is 13.4 Å². The third-order valence-corrected chi connectivity index (χ3v) is 7.97. The van der Waals surface area contributed by atoms with Gasteiger partial charge in [-0.1, -0.05) is 6.07 Å². The van der Waals surface area contributed by atoms with E-state index in [9.17, 15) is 4.79 Å². The number of tetrazole rings is 1. The van der Waals surface area contributed by atoms with Crippen LogP contribution in [0.1, 0.15) is 40.9 Å². The number of hydrogen-bond acceptors (Lipinski definition) is 10. The summed E-state index contributed by atoms with van der Waals surface area (Å²) in [5.74, 6) is 2.60. The van der Waals surface area contributed by atoms with Crippen molar-refractivity contribution in [1.82, 2.24) is 30.1 Å². The summed E-state index contributed by atoms with van der Waals surface area (Å²) < 4.78 is 24.5. The maximum Gasteiger partial charge on any atom is 0.253 e. The van der Waals surface area contributed by atoms with Crippen LogP contribution in [-0.4, -0.2) is 49.6 Å². The monoisotopic (exact) mass is 546 g/mol. The van der Waals surface area contributed by atoms with Crippen LogP contribution in [0.2, 0.25) is 0 Å². The number of aromatic nitrogens is 5. The summed E-state index contributed by atoms with van der Waals surface area (Å²) in [6, 6.07) is 12.9. The average molecular weight is 547 g/mol. The number of furan rings is 1. The Balaban J connectivity index is 1.37. The molecule has 0 spiro atoms. The lowest BCUT2D eigenvalue weighted by molar-refractivity contribution is 0.0901. The van der Waals surface area contributed by atoms with E-state index in [0.29, 0.717) is 48.0 Å². The quantitative estimate of drug-likeness (QED) is 0.294. The standard InChI is InChI=1S/C27H26N6O5S/c34-27-21(10-17-11-23-24(38-16-37-23)12-22(17)28-27)25(26-29-30-31-33(26)14-19-5-2-8-36-19)32(13-18-4-1-7-35-18)15-20-6-3-9-39-20/h1,3-4,6-7,9-12,19,25H,2,5,8,13-16H2,(H,28,34). The molecule has 0 bridgehead atoms. The van der Waals surface area contributed by atoms with E-state index in [1.807, 2.05) is 35.7 Å². The number of nitrogens with one attached hydrogen (secondary N) is 1. The molecule has 39 heavy (non-hydrogen) atoms. The van der Waals surface area contributed by atoms with Gasteiger partial charge < -0.3 is 23.6 Å². The van der Waals surface area contributed by atoms with E-state index in [-0.39, 0.29) is 18.5 Å². The van der Waals surface area contributed by atoms with E-state index in [1.54, 1.807) is 28.3 Å². The SMILES string of the molecule is O=c1[nH]c2cc3c(cc2cc1C(c1nnnn1CC1CCCO1)N(Cc1ccco1)Cc1cccs1)OCO3. The Hall–Kier alpha value is -4.00. The number of pyridine rings is 1. The van der Waals surface area contributed by atoms with Gasteiger partial charge in [0.05, 0.1) is 31.0 Å². The molecule has 1 N–H and O–H groups in total. The zero-order valence-corrected chi connectivity index (χ0v) is 21.8. The highest BCUT2D eigenvalue weighted by molar-refractivity contribution is 7.09. The van der Waals surface area contributed by atoms with Crippen LogP contribution in [0.15, 0.2) is 63.3 Å². The summed E-state index contributed by atoms with van der Waals surface area (Å²) >= 11 is 1.66. The van der Waals surface area contributed by atoms with E-state index in [2.05, 4.69) is 31.5 Å². The number of H-pyrrole nitrogens is 1. The number of nitrogens with zero attached hydrogens (tertiary/aromatic N) is 5. The molecule has 2 unspecified atom stereocenters. The Labute approximate surface area is 226 Å². The molecule has 6 heterocycles. The molecule has 1 saturated heterocycles. The second kappa shape index (κ2) is 10.3. The number of aromatic amines is 1. The lowest BCUT2D eigenvalue weighted by Crippen LogP contribution is -2.35. The Morgan fingerprint density at radius 2 is 2.08 bits per heavy atom. The molecule has 1 fully saturated rings. The maximum absolute atomic E-state index is 13.8. The molecule has 200 valence electrons. The van der Waals surface area contributed by atoms with Gasteiger partial charge in [0, 0.05) is 35.0 Å². The van der Waals surface area contributed by atoms with Crippen molar-refractivity contribution >= 4 is 22.2 Å². The molecule has 4 aromatic heterocycles. The van der Waals surface area contributed by atoms with Gasteiger partial charge in [-0.15, -0.1) is 16.4 Å². The van der Waals surface area contributed by atoms with E-state index < -0.39 is 6.04 Å². The summed E-state index contributed by atoms with van der Waals surface area (Å²) in [4.78, 5) is 20.1. The van der Waals surface area contributed by atoms with E-state index in [0.717, 1.165) is 35.5 Å². The van der Waals surface area contributed by atoms with Gasteiger partial charge in [0.2, 0.25) is 6.79 Å². The highest BCUT2D eigenvalue weighted by Crippen LogP contribution is 2.37. The van der Waals surface area contributed by atoms with Crippen LogP contribution < -0.4 is 15.0 Å². The normalized spacial score (nSPS) is 17.4. The Kier molecular flexibility index (Phi) is 6.35. The van der Waals surface area contributed by atoms with Crippen molar-refractivity contribution in [3.63, 3.8) is 0 Å². The number of rotatable bonds is 9. The van der Waals surface area contributed by atoms with Crippen molar-refractivity contribution in [2.45, 2.75) is 44.6 Å². The second-order valence-electron chi connectivity index (χ2n) is 9.67. The van der Waals surface area contributed by atoms with Crippen molar-refractivity contribution in [3.8, 4) is 11.5 Å². The lowest BCUT2D eigenvalue weighted by Gasteiger charge is -2.30. The van der Waals surface area contributed by atoms with Gasteiger partial charge in [-0.3, -0.25) is 9.69 Å². The Morgan fingerprint density at radius 1 is 1.15 bits per heavy atom. The highest BCUT2D eigenvalue weighted by Gasteiger charge is 2.33. The van der Waals surface area contributed by atoms with Crippen LogP contribution in [0.5, 0.6) is 11.5 Å². The van der Waals surface area contributed by atoms with Crippen LogP contribution in [0.25, 0.3) is 10.9 Å². The van der Waals surface area contributed by atoms with Gasteiger partial charge in [-0.25, -0.2) is 4.68 Å². The van der Waals surface area contributed by atoms with Crippen molar-refractivity contribution in [3.05, 3.63) is 86.5 Å². The summed E-state index contributed by atoms with van der Waals surface area (Å²) in [6.45, 7) is 2.40. The zero-order chi connectivity index (χ0) is 26.2. The molecule has 2 atom stereocenters. The fraction of sp³-hybridized carbons (Fsp3) is 0.333. The van der Waals surface area contributed by atoms with Crippen molar-refractivity contribution in [1.29, 1.82) is 0 Å². The first-order chi connectivity index (χ1) is 19.2. The molecule has 11 nitrogen and oxygen atoms in total. The molecular formula is C27H26N6O5S. The van der Waals surface area contributed by atoms with Gasteiger partial charge in [0.25, 0.3) is 5.56 Å². The van der Waals surface area contributed by atoms with Crippen LogP contribution >= 0.6 is 11.3 Å². The van der Waals surface area contributed by atoms with Crippen LogP contribution in [0.4, 0.5) is 0 Å². The van der Waals surface area contributed by atoms with E-state index in [1.165, 1.54) is 0 Å². The molecule has 0 amide bonds. The minimum Gasteiger partial charge on any atom is -0.468 e. The van der Waals surface area contributed by atoms with E-state index >= 15 is 0 Å². The topological polar surface area (TPSA) is 121 Å². The smallest absolute Gasteiger partial charge is 0.253 e. The molecule has 0 radical (unpaired) electrons. The molecular weight excluding hydrogens is 520 g/mol. The number of thiophene rings is 1. The minimum atomic E-state index is -0.577. The number of ether oxygens (including phenoxy) is 3. The minimum absolute atomic E-state index is 0.0262. The maximum atomic E-state index is 13.8. The first kappa shape index (κ1) is 24.1. The Bertz CT molecular complexity index is 1590. The van der Waals surface area contributed by atoms with Gasteiger partial charge >= 0.3 is 0 Å². The Morgan fingerprint density at radius 3 is 2.87 bits per heavy atom. The number of hydrogen-bond donors (Lipinski definition) is 1.